The van der Waals surface area contributed by atoms with Crippen molar-refractivity contribution in [3.8, 4) is 0 Å². The Balaban J connectivity index is 2.39. The zero-order valence-corrected chi connectivity index (χ0v) is 10.8. The second-order valence-electron chi connectivity index (χ2n) is 5.38. The van der Waals surface area contributed by atoms with E-state index >= 15 is 0 Å². The molecule has 1 rings (SSSR count). The highest BCUT2D eigenvalue weighted by Gasteiger charge is 2.29. The standard InChI is InChI=1S/C13H27NO/c1-10(2)12-6-5-11(3)9-13(12)14-7-8-15-4/h10-14H,5-9H2,1-4H3/t11-,12-,13+/m0/s1. The molecule has 0 aromatic heterocycles. The average molecular weight is 213 g/mol. The smallest absolute Gasteiger partial charge is 0.0587 e. The lowest BCUT2D eigenvalue weighted by atomic mass is 9.74. The fraction of sp³-hybridized carbons (Fsp3) is 1.00. The second kappa shape index (κ2) is 6.49. The van der Waals surface area contributed by atoms with Crippen molar-refractivity contribution < 1.29 is 4.74 Å². The molecule has 0 aromatic rings. The summed E-state index contributed by atoms with van der Waals surface area (Å²) >= 11 is 0. The molecule has 0 radical (unpaired) electrons. The highest BCUT2D eigenvalue weighted by atomic mass is 16.5. The van der Waals surface area contributed by atoms with Crippen LogP contribution in [0.4, 0.5) is 0 Å². The normalized spacial score (nSPS) is 32.2. The van der Waals surface area contributed by atoms with Gasteiger partial charge in [0.05, 0.1) is 6.61 Å². The van der Waals surface area contributed by atoms with E-state index in [0.29, 0.717) is 6.04 Å². The minimum atomic E-state index is 0.712. The monoisotopic (exact) mass is 213 g/mol. The number of hydrogen-bond acceptors (Lipinski definition) is 2. The van der Waals surface area contributed by atoms with E-state index in [1.54, 1.807) is 7.11 Å². The van der Waals surface area contributed by atoms with Crippen LogP contribution in [0.5, 0.6) is 0 Å². The third kappa shape index (κ3) is 4.12. The van der Waals surface area contributed by atoms with Crippen molar-refractivity contribution in [1.82, 2.24) is 5.32 Å². The molecule has 0 aromatic carbocycles. The minimum Gasteiger partial charge on any atom is -0.383 e. The summed E-state index contributed by atoms with van der Waals surface area (Å²) in [5.41, 5.74) is 0. The van der Waals surface area contributed by atoms with Crippen LogP contribution < -0.4 is 5.32 Å². The van der Waals surface area contributed by atoms with Crippen molar-refractivity contribution in [2.75, 3.05) is 20.3 Å². The SMILES string of the molecule is COCCN[C@@H]1C[C@@H](C)CC[C@H]1C(C)C. The lowest BCUT2D eigenvalue weighted by molar-refractivity contribution is 0.148. The minimum absolute atomic E-state index is 0.712. The molecular formula is C13H27NO. The Morgan fingerprint density at radius 3 is 2.67 bits per heavy atom. The number of ether oxygens (including phenoxy) is 1. The first-order chi connectivity index (χ1) is 7.15. The molecular weight excluding hydrogens is 186 g/mol. The molecule has 1 N–H and O–H groups in total. The van der Waals surface area contributed by atoms with Gasteiger partial charge in [0, 0.05) is 19.7 Å². The van der Waals surface area contributed by atoms with Gasteiger partial charge >= 0.3 is 0 Å². The van der Waals surface area contributed by atoms with E-state index < -0.39 is 0 Å². The van der Waals surface area contributed by atoms with Gasteiger partial charge < -0.3 is 10.1 Å². The fourth-order valence-corrected chi connectivity index (χ4v) is 2.78. The summed E-state index contributed by atoms with van der Waals surface area (Å²) in [6, 6.07) is 0.712. The lowest BCUT2D eigenvalue weighted by Gasteiger charge is -2.38. The molecule has 0 unspecified atom stereocenters. The Bertz CT molecular complexity index is 170. The lowest BCUT2D eigenvalue weighted by Crippen LogP contribution is -2.43. The molecule has 1 saturated carbocycles. The zero-order chi connectivity index (χ0) is 11.3. The van der Waals surface area contributed by atoms with Gasteiger partial charge in [-0.3, -0.25) is 0 Å². The Hall–Kier alpha value is -0.0800. The van der Waals surface area contributed by atoms with Gasteiger partial charge in [-0.05, 0) is 30.6 Å². The summed E-state index contributed by atoms with van der Waals surface area (Å²) in [6.45, 7) is 8.91. The van der Waals surface area contributed by atoms with Crippen LogP contribution in [0.3, 0.4) is 0 Å². The summed E-state index contributed by atoms with van der Waals surface area (Å²) in [4.78, 5) is 0. The van der Waals surface area contributed by atoms with Crippen molar-refractivity contribution >= 4 is 0 Å². The molecule has 15 heavy (non-hydrogen) atoms. The van der Waals surface area contributed by atoms with Crippen molar-refractivity contribution in [3.63, 3.8) is 0 Å². The van der Waals surface area contributed by atoms with Gasteiger partial charge in [-0.2, -0.15) is 0 Å². The summed E-state index contributed by atoms with van der Waals surface area (Å²) < 4.78 is 5.09. The maximum absolute atomic E-state index is 5.09. The molecule has 90 valence electrons. The van der Waals surface area contributed by atoms with Gasteiger partial charge in [0.25, 0.3) is 0 Å². The van der Waals surface area contributed by atoms with E-state index in [1.165, 1.54) is 19.3 Å². The van der Waals surface area contributed by atoms with Gasteiger partial charge in [0.2, 0.25) is 0 Å². The Morgan fingerprint density at radius 2 is 2.07 bits per heavy atom. The molecule has 1 fully saturated rings. The third-order valence-corrected chi connectivity index (χ3v) is 3.73. The molecule has 1 aliphatic carbocycles. The van der Waals surface area contributed by atoms with Crippen LogP contribution in [0.1, 0.15) is 40.0 Å². The van der Waals surface area contributed by atoms with E-state index in [-0.39, 0.29) is 0 Å². The number of methoxy groups -OCH3 is 1. The van der Waals surface area contributed by atoms with Crippen molar-refractivity contribution in [3.05, 3.63) is 0 Å². The largest absolute Gasteiger partial charge is 0.383 e. The predicted octanol–water partition coefficient (Wildman–Crippen LogP) is 2.68. The number of rotatable bonds is 5. The molecule has 2 nitrogen and oxygen atoms in total. The first-order valence-corrected chi connectivity index (χ1v) is 6.37. The summed E-state index contributed by atoms with van der Waals surface area (Å²) in [5, 5.41) is 3.66. The summed E-state index contributed by atoms with van der Waals surface area (Å²) in [6.07, 6.45) is 4.14. The van der Waals surface area contributed by atoms with Crippen LogP contribution in [0, 0.1) is 17.8 Å². The predicted molar refractivity (Wildman–Crippen MR) is 65.0 cm³/mol. The molecule has 0 spiro atoms. The molecule has 0 saturated heterocycles. The second-order valence-corrected chi connectivity index (χ2v) is 5.38. The van der Waals surface area contributed by atoms with Crippen LogP contribution in [0.25, 0.3) is 0 Å². The van der Waals surface area contributed by atoms with Crippen molar-refractivity contribution in [1.29, 1.82) is 0 Å². The van der Waals surface area contributed by atoms with Gasteiger partial charge in [0.15, 0.2) is 0 Å². The van der Waals surface area contributed by atoms with Gasteiger partial charge in [-0.1, -0.05) is 27.2 Å². The van der Waals surface area contributed by atoms with Crippen molar-refractivity contribution in [2.24, 2.45) is 17.8 Å². The van der Waals surface area contributed by atoms with E-state index in [4.69, 9.17) is 4.74 Å². The Morgan fingerprint density at radius 1 is 1.33 bits per heavy atom. The Kier molecular flexibility index (Phi) is 5.62. The Labute approximate surface area is 94.8 Å². The molecule has 0 bridgehead atoms. The van der Waals surface area contributed by atoms with Crippen LogP contribution in [-0.2, 0) is 4.74 Å². The molecule has 1 aliphatic rings. The molecule has 0 heterocycles. The van der Waals surface area contributed by atoms with Crippen LogP contribution in [0.15, 0.2) is 0 Å². The van der Waals surface area contributed by atoms with Gasteiger partial charge in [-0.15, -0.1) is 0 Å². The van der Waals surface area contributed by atoms with Crippen LogP contribution in [0.2, 0.25) is 0 Å². The number of nitrogens with one attached hydrogen (secondary N) is 1. The number of hydrogen-bond donors (Lipinski definition) is 1. The molecule has 2 heteroatoms. The first-order valence-electron chi connectivity index (χ1n) is 6.37. The maximum Gasteiger partial charge on any atom is 0.0587 e. The van der Waals surface area contributed by atoms with E-state index in [1.807, 2.05) is 0 Å². The maximum atomic E-state index is 5.09. The van der Waals surface area contributed by atoms with Gasteiger partial charge in [-0.25, -0.2) is 0 Å². The van der Waals surface area contributed by atoms with E-state index in [9.17, 15) is 0 Å². The topological polar surface area (TPSA) is 21.3 Å². The average Bonchev–Trinajstić information content (AvgIpc) is 2.18. The fourth-order valence-electron chi connectivity index (χ4n) is 2.78. The third-order valence-electron chi connectivity index (χ3n) is 3.73. The highest BCUT2D eigenvalue weighted by Crippen LogP contribution is 2.33. The quantitative estimate of drug-likeness (QED) is 0.709. The van der Waals surface area contributed by atoms with E-state index in [0.717, 1.165) is 30.9 Å². The molecule has 3 atom stereocenters. The highest BCUT2D eigenvalue weighted by molar-refractivity contribution is 4.85. The van der Waals surface area contributed by atoms with Gasteiger partial charge in [0.1, 0.15) is 0 Å². The summed E-state index contributed by atoms with van der Waals surface area (Å²) in [5.74, 6) is 2.55. The van der Waals surface area contributed by atoms with Crippen LogP contribution in [-0.4, -0.2) is 26.3 Å². The summed E-state index contributed by atoms with van der Waals surface area (Å²) in [7, 11) is 1.77. The van der Waals surface area contributed by atoms with Crippen molar-refractivity contribution in [2.45, 2.75) is 46.1 Å². The molecule has 0 amide bonds. The molecule has 0 aliphatic heterocycles. The van der Waals surface area contributed by atoms with Crippen LogP contribution >= 0.6 is 0 Å². The zero-order valence-electron chi connectivity index (χ0n) is 10.8. The first kappa shape index (κ1) is 13.0. The van der Waals surface area contributed by atoms with E-state index in [2.05, 4.69) is 26.1 Å².